The first-order valence-electron chi connectivity index (χ1n) is 13.4. The summed E-state index contributed by atoms with van der Waals surface area (Å²) in [5.41, 5.74) is 0.863. The molecular weight excluding hydrogens is 646 g/mol. The van der Waals surface area contributed by atoms with Crippen molar-refractivity contribution in [2.75, 3.05) is 19.0 Å². The van der Waals surface area contributed by atoms with Gasteiger partial charge in [0.15, 0.2) is 18.1 Å². The molecule has 1 amide bonds. The van der Waals surface area contributed by atoms with Crippen LogP contribution in [0.5, 0.6) is 11.5 Å². The smallest absolute Gasteiger partial charge is 0.315 e. The van der Waals surface area contributed by atoms with E-state index in [1.54, 1.807) is 66.7 Å². The Labute approximate surface area is 262 Å². The Balaban J connectivity index is 1.37. The Morgan fingerprint density at radius 2 is 1.87 bits per heavy atom. The number of aromatic nitrogens is 2. The monoisotopic (exact) mass is 667 g/mol. The number of hydrogen-bond acceptors (Lipinski definition) is 9. The van der Waals surface area contributed by atoms with Gasteiger partial charge in [0.25, 0.3) is 11.5 Å². The molecule has 12 nitrogen and oxygen atoms in total. The average molecular weight is 668 g/mol. The minimum atomic E-state index is -0.661. The van der Waals surface area contributed by atoms with Gasteiger partial charge in [-0.15, -0.1) is 0 Å². The van der Waals surface area contributed by atoms with Crippen LogP contribution in [-0.4, -0.2) is 40.4 Å². The maximum atomic E-state index is 13.6. The second-order valence-corrected chi connectivity index (χ2v) is 10.6. The van der Waals surface area contributed by atoms with Crippen molar-refractivity contribution in [1.29, 1.82) is 0 Å². The number of para-hydroxylation sites is 2. The lowest BCUT2D eigenvalue weighted by atomic mass is 10.2. The molecule has 13 heteroatoms. The van der Waals surface area contributed by atoms with Gasteiger partial charge in [0, 0.05) is 27.2 Å². The number of hydrogen-bond donors (Lipinski definition) is 1. The van der Waals surface area contributed by atoms with Gasteiger partial charge in [-0.1, -0.05) is 46.3 Å². The normalized spacial score (nSPS) is 11.2. The van der Waals surface area contributed by atoms with E-state index in [4.69, 9.17) is 13.9 Å². The Hall–Kier alpha value is -5.82. The molecule has 0 saturated carbocycles. The van der Waals surface area contributed by atoms with Crippen LogP contribution in [0.25, 0.3) is 33.5 Å². The van der Waals surface area contributed by atoms with Crippen molar-refractivity contribution >= 4 is 61.3 Å². The van der Waals surface area contributed by atoms with E-state index in [1.165, 1.54) is 25.5 Å². The number of fused-ring (bicyclic) bond motifs is 2. The average Bonchev–Trinajstić information content (AvgIpc) is 3.46. The number of nitrogens with one attached hydrogen (secondary N) is 1. The molecule has 4 aromatic carbocycles. The molecule has 0 saturated heterocycles. The number of nitro benzene ring substituents is 1. The summed E-state index contributed by atoms with van der Waals surface area (Å²) in [5, 5.41) is 20.2. The van der Waals surface area contributed by atoms with Gasteiger partial charge in [0.1, 0.15) is 5.58 Å². The van der Waals surface area contributed by atoms with E-state index in [0.717, 1.165) is 14.5 Å². The number of rotatable bonds is 9. The van der Waals surface area contributed by atoms with Crippen molar-refractivity contribution in [2.45, 2.75) is 0 Å². The highest BCUT2D eigenvalue weighted by Gasteiger charge is 2.23. The quantitative estimate of drug-likeness (QED) is 0.106. The highest BCUT2D eigenvalue weighted by Crippen LogP contribution is 2.38. The topological polar surface area (TPSA) is 151 Å². The zero-order valence-corrected chi connectivity index (χ0v) is 25.1. The first kappa shape index (κ1) is 29.3. The number of amides is 1. The van der Waals surface area contributed by atoms with Crippen molar-refractivity contribution in [3.05, 3.63) is 121 Å². The van der Waals surface area contributed by atoms with E-state index in [1.807, 2.05) is 12.1 Å². The van der Waals surface area contributed by atoms with Crippen LogP contribution in [-0.2, 0) is 4.79 Å². The summed E-state index contributed by atoms with van der Waals surface area (Å²) in [6, 6.07) is 25.4. The number of carbonyl (C=O) groups is 1. The van der Waals surface area contributed by atoms with Gasteiger partial charge < -0.3 is 19.2 Å². The number of carbonyl (C=O) groups excluding carboxylic acids is 1. The summed E-state index contributed by atoms with van der Waals surface area (Å²) in [4.78, 5) is 42.1. The van der Waals surface area contributed by atoms with Gasteiger partial charge >= 0.3 is 5.69 Å². The predicted octanol–water partition coefficient (Wildman–Crippen LogP) is 6.39. The highest BCUT2D eigenvalue weighted by molar-refractivity contribution is 9.10. The first-order valence-corrected chi connectivity index (χ1v) is 14.2. The van der Waals surface area contributed by atoms with Crippen molar-refractivity contribution in [3.63, 3.8) is 0 Å². The molecule has 2 heterocycles. The SMILES string of the molecule is COc1cc(C=Nn2c(-c3cc4cc(Br)ccc4o3)nc3ccccc3c2=O)cc([N+](=O)[O-])c1OCC(=O)Nc1ccccc1. The molecule has 0 spiro atoms. The molecular formula is C32H22BrN5O7. The molecule has 0 aliphatic heterocycles. The third-order valence-corrected chi connectivity index (χ3v) is 7.15. The van der Waals surface area contributed by atoms with E-state index in [0.29, 0.717) is 27.9 Å². The van der Waals surface area contributed by atoms with E-state index in [-0.39, 0.29) is 22.9 Å². The largest absolute Gasteiger partial charge is 0.493 e. The lowest BCUT2D eigenvalue weighted by Gasteiger charge is -2.12. The molecule has 0 bridgehead atoms. The second-order valence-electron chi connectivity index (χ2n) is 9.64. The zero-order chi connectivity index (χ0) is 31.5. The minimum absolute atomic E-state index is 0.00905. The third-order valence-electron chi connectivity index (χ3n) is 6.65. The van der Waals surface area contributed by atoms with Gasteiger partial charge in [-0.25, -0.2) is 4.98 Å². The van der Waals surface area contributed by atoms with Crippen molar-refractivity contribution in [3.8, 4) is 23.1 Å². The molecule has 6 rings (SSSR count). The maximum Gasteiger partial charge on any atom is 0.315 e. The van der Waals surface area contributed by atoms with Crippen LogP contribution >= 0.6 is 15.9 Å². The standard InChI is InChI=1S/C32H22BrN5O7/c1-43-27-14-19(13-25(38(41)42)30(27)44-18-29(39)35-22-7-3-2-4-8-22)17-34-37-31(36-24-10-6-5-9-23(24)32(37)40)28-16-20-15-21(33)11-12-26(20)45-28/h2-17H,18H2,1H3,(H,35,39). The van der Waals surface area contributed by atoms with Crippen molar-refractivity contribution in [2.24, 2.45) is 5.10 Å². The fourth-order valence-electron chi connectivity index (χ4n) is 4.61. The zero-order valence-electron chi connectivity index (χ0n) is 23.5. The van der Waals surface area contributed by atoms with Crippen molar-refractivity contribution < 1.29 is 23.6 Å². The number of methoxy groups -OCH3 is 1. The number of nitro groups is 1. The van der Waals surface area contributed by atoms with E-state index in [2.05, 4.69) is 31.3 Å². The first-order chi connectivity index (χ1) is 21.8. The molecule has 45 heavy (non-hydrogen) atoms. The molecule has 0 unspecified atom stereocenters. The summed E-state index contributed by atoms with van der Waals surface area (Å²) in [5.74, 6) is -0.332. The van der Waals surface area contributed by atoms with Crippen LogP contribution in [0.2, 0.25) is 0 Å². The van der Waals surface area contributed by atoms with Crippen LogP contribution in [0.4, 0.5) is 11.4 Å². The molecule has 0 aliphatic carbocycles. The molecule has 224 valence electrons. The summed E-state index contributed by atoms with van der Waals surface area (Å²) in [6.07, 6.45) is 1.27. The lowest BCUT2D eigenvalue weighted by molar-refractivity contribution is -0.385. The van der Waals surface area contributed by atoms with Gasteiger partial charge in [0.2, 0.25) is 11.6 Å². The van der Waals surface area contributed by atoms with E-state index in [9.17, 15) is 19.7 Å². The number of halogens is 1. The Morgan fingerprint density at radius 3 is 2.64 bits per heavy atom. The third kappa shape index (κ3) is 6.15. The molecule has 2 aromatic heterocycles. The van der Waals surface area contributed by atoms with Gasteiger partial charge in [0.05, 0.1) is 29.2 Å². The molecule has 0 atom stereocenters. The fraction of sp³-hybridized carbons (Fsp3) is 0.0625. The summed E-state index contributed by atoms with van der Waals surface area (Å²) >= 11 is 3.45. The minimum Gasteiger partial charge on any atom is -0.493 e. The summed E-state index contributed by atoms with van der Waals surface area (Å²) in [6.45, 7) is -0.505. The highest BCUT2D eigenvalue weighted by atomic mass is 79.9. The van der Waals surface area contributed by atoms with Gasteiger partial charge in [-0.2, -0.15) is 9.78 Å². The molecule has 6 aromatic rings. The number of anilines is 1. The molecule has 0 aliphatic rings. The number of furan rings is 1. The molecule has 0 radical (unpaired) electrons. The van der Waals surface area contributed by atoms with Crippen LogP contribution in [0.15, 0.2) is 110 Å². The Kier molecular flexibility index (Phi) is 8.08. The summed E-state index contributed by atoms with van der Waals surface area (Å²) < 4.78 is 18.9. The van der Waals surface area contributed by atoms with Crippen LogP contribution < -0.4 is 20.3 Å². The number of benzene rings is 4. The summed E-state index contributed by atoms with van der Waals surface area (Å²) in [7, 11) is 1.31. The molecule has 1 N–H and O–H groups in total. The second kappa shape index (κ2) is 12.4. The van der Waals surface area contributed by atoms with Crippen LogP contribution in [0.1, 0.15) is 5.56 Å². The van der Waals surface area contributed by atoms with Crippen LogP contribution in [0.3, 0.4) is 0 Å². The Morgan fingerprint density at radius 1 is 1.09 bits per heavy atom. The Bertz CT molecular complexity index is 2180. The number of nitrogens with zero attached hydrogens (tertiary/aromatic N) is 4. The predicted molar refractivity (Wildman–Crippen MR) is 172 cm³/mol. The van der Waals surface area contributed by atoms with E-state index >= 15 is 0 Å². The lowest BCUT2D eigenvalue weighted by Crippen LogP contribution is -2.21. The van der Waals surface area contributed by atoms with Gasteiger partial charge in [-0.05, 0) is 54.6 Å². The number of ether oxygens (including phenoxy) is 2. The molecule has 0 fully saturated rings. The van der Waals surface area contributed by atoms with Crippen LogP contribution in [0, 0.1) is 10.1 Å². The fourth-order valence-corrected chi connectivity index (χ4v) is 4.99. The maximum absolute atomic E-state index is 13.6. The van der Waals surface area contributed by atoms with Crippen molar-refractivity contribution in [1.82, 2.24) is 9.66 Å². The van der Waals surface area contributed by atoms with E-state index < -0.39 is 28.7 Å². The van der Waals surface area contributed by atoms with Gasteiger partial charge in [-0.3, -0.25) is 19.7 Å².